The molecule has 0 spiro atoms. The van der Waals surface area contributed by atoms with E-state index >= 15 is 0 Å². The van der Waals surface area contributed by atoms with Gasteiger partial charge in [0.05, 0.1) is 19.3 Å². The highest BCUT2D eigenvalue weighted by Crippen LogP contribution is 2.10. The molecule has 5 heteroatoms. The van der Waals surface area contributed by atoms with Crippen molar-refractivity contribution in [3.05, 3.63) is 52.5 Å². The van der Waals surface area contributed by atoms with Crippen LogP contribution in [0.15, 0.2) is 41.8 Å². The third kappa shape index (κ3) is 4.98. The summed E-state index contributed by atoms with van der Waals surface area (Å²) in [5, 5.41) is 14.7. The van der Waals surface area contributed by atoms with Crippen LogP contribution in [-0.4, -0.2) is 24.4 Å². The van der Waals surface area contributed by atoms with E-state index < -0.39 is 6.10 Å². The summed E-state index contributed by atoms with van der Waals surface area (Å²) in [6.07, 6.45) is -0.593. The van der Waals surface area contributed by atoms with E-state index in [0.29, 0.717) is 13.2 Å². The van der Waals surface area contributed by atoms with Crippen LogP contribution in [0.3, 0.4) is 0 Å². The van der Waals surface area contributed by atoms with E-state index in [1.807, 2.05) is 17.5 Å². The zero-order valence-electron chi connectivity index (χ0n) is 10.4. The molecule has 0 radical (unpaired) electrons. The van der Waals surface area contributed by atoms with Gasteiger partial charge in [0, 0.05) is 17.1 Å². The average Bonchev–Trinajstić information content (AvgIpc) is 2.91. The molecule has 2 rings (SSSR count). The Morgan fingerprint density at radius 2 is 2.05 bits per heavy atom. The lowest BCUT2D eigenvalue weighted by molar-refractivity contribution is 0.0359. The first kappa shape index (κ1) is 14.0. The Hall–Kier alpha value is -1.43. The van der Waals surface area contributed by atoms with Crippen LogP contribution in [0, 0.1) is 5.82 Å². The van der Waals surface area contributed by atoms with Crippen molar-refractivity contribution in [3.63, 3.8) is 0 Å². The van der Waals surface area contributed by atoms with Crippen molar-refractivity contribution in [3.8, 4) is 0 Å². The molecule has 19 heavy (non-hydrogen) atoms. The zero-order valence-corrected chi connectivity index (χ0v) is 11.2. The van der Waals surface area contributed by atoms with Gasteiger partial charge in [0.15, 0.2) is 0 Å². The van der Waals surface area contributed by atoms with Gasteiger partial charge in [-0.1, -0.05) is 6.07 Å². The number of nitrogens with one attached hydrogen (secondary N) is 1. The molecular weight excluding hydrogens is 265 g/mol. The molecule has 0 bridgehead atoms. The highest BCUT2D eigenvalue weighted by Gasteiger charge is 2.04. The SMILES string of the molecule is OC(CNc1ccc(F)cc1)COCc1cccs1. The minimum absolute atomic E-state index is 0.270. The molecule has 1 aromatic heterocycles. The average molecular weight is 281 g/mol. The quantitative estimate of drug-likeness (QED) is 0.820. The number of halogens is 1. The van der Waals surface area contributed by atoms with Crippen molar-refractivity contribution >= 4 is 17.0 Å². The molecule has 1 atom stereocenters. The van der Waals surface area contributed by atoms with Crippen LogP contribution in [0.25, 0.3) is 0 Å². The van der Waals surface area contributed by atoms with E-state index in [9.17, 15) is 9.50 Å². The molecule has 0 aliphatic rings. The summed E-state index contributed by atoms with van der Waals surface area (Å²) in [6.45, 7) is 1.16. The number of ether oxygens (including phenoxy) is 1. The minimum Gasteiger partial charge on any atom is -0.389 e. The molecule has 2 aromatic rings. The number of rotatable bonds is 7. The Morgan fingerprint density at radius 1 is 1.26 bits per heavy atom. The molecule has 0 aliphatic heterocycles. The van der Waals surface area contributed by atoms with Gasteiger partial charge in [0.2, 0.25) is 0 Å². The molecule has 3 nitrogen and oxygen atoms in total. The maximum Gasteiger partial charge on any atom is 0.123 e. The van der Waals surface area contributed by atoms with Crippen LogP contribution >= 0.6 is 11.3 Å². The van der Waals surface area contributed by atoms with E-state index in [1.165, 1.54) is 12.1 Å². The number of hydrogen-bond donors (Lipinski definition) is 2. The van der Waals surface area contributed by atoms with Crippen LogP contribution < -0.4 is 5.32 Å². The van der Waals surface area contributed by atoms with Crippen LogP contribution in [0.2, 0.25) is 0 Å². The van der Waals surface area contributed by atoms with Crippen molar-refractivity contribution in [1.29, 1.82) is 0 Å². The van der Waals surface area contributed by atoms with Gasteiger partial charge >= 0.3 is 0 Å². The van der Waals surface area contributed by atoms with Gasteiger partial charge < -0.3 is 15.2 Å². The Balaban J connectivity index is 1.64. The number of thiophene rings is 1. The van der Waals surface area contributed by atoms with E-state index in [-0.39, 0.29) is 12.4 Å². The summed E-state index contributed by atoms with van der Waals surface area (Å²) in [6, 6.07) is 9.98. The third-order valence-electron chi connectivity index (χ3n) is 2.52. The molecule has 2 N–H and O–H groups in total. The summed E-state index contributed by atoms with van der Waals surface area (Å²) < 4.78 is 18.1. The molecule has 0 fully saturated rings. The van der Waals surface area contributed by atoms with Crippen molar-refractivity contribution in [2.75, 3.05) is 18.5 Å². The first-order chi connectivity index (χ1) is 9.24. The van der Waals surface area contributed by atoms with Gasteiger partial charge in [-0.25, -0.2) is 4.39 Å². The van der Waals surface area contributed by atoms with Crippen LogP contribution in [0.1, 0.15) is 4.88 Å². The summed E-state index contributed by atoms with van der Waals surface area (Å²) in [5.74, 6) is -0.273. The monoisotopic (exact) mass is 281 g/mol. The Kier molecular flexibility index (Phi) is 5.32. The van der Waals surface area contributed by atoms with Gasteiger partial charge in [-0.2, -0.15) is 0 Å². The summed E-state index contributed by atoms with van der Waals surface area (Å²) in [7, 11) is 0. The highest BCUT2D eigenvalue weighted by atomic mass is 32.1. The first-order valence-electron chi connectivity index (χ1n) is 6.01. The number of aliphatic hydroxyl groups excluding tert-OH is 1. The maximum absolute atomic E-state index is 12.7. The number of hydrogen-bond acceptors (Lipinski definition) is 4. The van der Waals surface area contributed by atoms with E-state index in [2.05, 4.69) is 5.32 Å². The summed E-state index contributed by atoms with van der Waals surface area (Å²) in [4.78, 5) is 1.14. The van der Waals surface area contributed by atoms with Crippen molar-refractivity contribution in [2.45, 2.75) is 12.7 Å². The molecule has 0 aliphatic carbocycles. The Morgan fingerprint density at radius 3 is 2.74 bits per heavy atom. The second-order valence-electron chi connectivity index (χ2n) is 4.14. The van der Waals surface area contributed by atoms with Crippen LogP contribution in [0.4, 0.5) is 10.1 Å². The van der Waals surface area contributed by atoms with Gasteiger partial charge in [0.1, 0.15) is 5.82 Å². The normalized spacial score (nSPS) is 12.3. The predicted octanol–water partition coefficient (Wildman–Crippen LogP) is 2.88. The zero-order chi connectivity index (χ0) is 13.5. The smallest absolute Gasteiger partial charge is 0.123 e. The lowest BCUT2D eigenvalue weighted by atomic mass is 10.3. The van der Waals surface area contributed by atoms with Gasteiger partial charge in [-0.15, -0.1) is 11.3 Å². The fraction of sp³-hybridized carbons (Fsp3) is 0.286. The molecular formula is C14H16FNO2S. The Bertz CT molecular complexity index is 473. The second kappa shape index (κ2) is 7.23. The van der Waals surface area contributed by atoms with Crippen molar-refractivity contribution in [1.82, 2.24) is 0 Å². The molecule has 0 saturated carbocycles. The van der Waals surface area contributed by atoms with Crippen molar-refractivity contribution < 1.29 is 14.2 Å². The van der Waals surface area contributed by atoms with Crippen LogP contribution in [0.5, 0.6) is 0 Å². The van der Waals surface area contributed by atoms with Crippen LogP contribution in [-0.2, 0) is 11.3 Å². The van der Waals surface area contributed by atoms with Crippen molar-refractivity contribution in [2.24, 2.45) is 0 Å². The maximum atomic E-state index is 12.7. The molecule has 1 aromatic carbocycles. The lowest BCUT2D eigenvalue weighted by Crippen LogP contribution is -2.24. The fourth-order valence-electron chi connectivity index (χ4n) is 1.55. The molecule has 1 heterocycles. The van der Waals surface area contributed by atoms with E-state index in [1.54, 1.807) is 23.5 Å². The number of anilines is 1. The van der Waals surface area contributed by atoms with Gasteiger partial charge in [0.25, 0.3) is 0 Å². The second-order valence-corrected chi connectivity index (χ2v) is 5.17. The third-order valence-corrected chi connectivity index (χ3v) is 3.37. The van der Waals surface area contributed by atoms with E-state index in [0.717, 1.165) is 10.6 Å². The highest BCUT2D eigenvalue weighted by molar-refractivity contribution is 7.09. The van der Waals surface area contributed by atoms with Gasteiger partial charge in [-0.3, -0.25) is 0 Å². The fourth-order valence-corrected chi connectivity index (χ4v) is 2.19. The molecule has 1 unspecified atom stereocenters. The molecule has 0 saturated heterocycles. The predicted molar refractivity (Wildman–Crippen MR) is 74.9 cm³/mol. The standard InChI is InChI=1S/C14H16FNO2S/c15-11-3-5-12(6-4-11)16-8-13(17)9-18-10-14-2-1-7-19-14/h1-7,13,16-17H,8-10H2. The molecule has 0 amide bonds. The van der Waals surface area contributed by atoms with Gasteiger partial charge in [-0.05, 0) is 35.7 Å². The summed E-state index contributed by atoms with van der Waals surface area (Å²) in [5.41, 5.74) is 0.777. The number of aliphatic hydroxyl groups is 1. The minimum atomic E-state index is -0.593. The number of benzene rings is 1. The largest absolute Gasteiger partial charge is 0.389 e. The van der Waals surface area contributed by atoms with E-state index in [4.69, 9.17) is 4.74 Å². The molecule has 102 valence electrons. The Labute approximate surface area is 115 Å². The summed E-state index contributed by atoms with van der Waals surface area (Å²) >= 11 is 1.63. The topological polar surface area (TPSA) is 41.5 Å². The first-order valence-corrected chi connectivity index (χ1v) is 6.89. The lowest BCUT2D eigenvalue weighted by Gasteiger charge is -2.13.